The number of para-hydroxylation sites is 1. The fraction of sp³-hybridized carbons (Fsp3) is 0.389. The van der Waals surface area contributed by atoms with E-state index < -0.39 is 22.7 Å². The standard InChI is InChI=1S/C18H20N4O4/c1-3-7-13-16(18(23)26-4-2)15(12-10-19-21-17(12)20-13)11-8-5-6-9-14(11)22(24)25/h5-6,8-10,15-16H,3-4,7H2,1-2H3,(H,19,21). The molecule has 2 aromatic rings. The van der Waals surface area contributed by atoms with Crippen LogP contribution in [0, 0.1) is 16.0 Å². The summed E-state index contributed by atoms with van der Waals surface area (Å²) >= 11 is 0. The maximum absolute atomic E-state index is 12.8. The predicted octanol–water partition coefficient (Wildman–Crippen LogP) is 3.52. The van der Waals surface area contributed by atoms with Crippen molar-refractivity contribution in [2.45, 2.75) is 32.6 Å². The minimum absolute atomic E-state index is 0.0308. The number of H-pyrrole nitrogens is 1. The van der Waals surface area contributed by atoms with Crippen LogP contribution in [0.1, 0.15) is 43.7 Å². The van der Waals surface area contributed by atoms with E-state index in [1.165, 1.54) is 6.07 Å². The normalized spacial score (nSPS) is 18.8. The Bertz CT molecular complexity index is 858. The summed E-state index contributed by atoms with van der Waals surface area (Å²) in [5.41, 5.74) is 1.75. The molecule has 1 aliphatic heterocycles. The molecule has 1 N–H and O–H groups in total. The molecule has 1 aromatic heterocycles. The average molecular weight is 356 g/mol. The zero-order valence-electron chi connectivity index (χ0n) is 14.6. The number of nitro benzene ring substituents is 1. The SMILES string of the molecule is CCCC1=Nc2[nH]ncc2C(c2ccccc2[N+](=O)[O-])C1C(=O)OCC. The van der Waals surface area contributed by atoms with Crippen LogP contribution in [0.4, 0.5) is 11.5 Å². The number of hydrogen-bond donors (Lipinski definition) is 1. The molecular formula is C18H20N4O4. The molecule has 0 saturated carbocycles. The van der Waals surface area contributed by atoms with Crippen molar-refractivity contribution in [3.8, 4) is 0 Å². The number of nitro groups is 1. The lowest BCUT2D eigenvalue weighted by atomic mass is 9.75. The van der Waals surface area contributed by atoms with E-state index in [0.717, 1.165) is 6.42 Å². The molecule has 2 unspecified atom stereocenters. The predicted molar refractivity (Wildman–Crippen MR) is 95.7 cm³/mol. The number of nitrogens with zero attached hydrogens (tertiary/aromatic N) is 3. The summed E-state index contributed by atoms with van der Waals surface area (Å²) in [6.45, 7) is 3.96. The Morgan fingerprint density at radius 1 is 1.31 bits per heavy atom. The Balaban J connectivity index is 2.21. The number of rotatable bonds is 6. The van der Waals surface area contributed by atoms with Crippen molar-refractivity contribution in [1.29, 1.82) is 0 Å². The van der Waals surface area contributed by atoms with Crippen molar-refractivity contribution in [3.63, 3.8) is 0 Å². The Morgan fingerprint density at radius 3 is 2.77 bits per heavy atom. The van der Waals surface area contributed by atoms with Gasteiger partial charge in [-0.1, -0.05) is 31.5 Å². The molecule has 0 amide bonds. The third-order valence-electron chi connectivity index (χ3n) is 4.45. The Hall–Kier alpha value is -3.03. The smallest absolute Gasteiger partial charge is 0.315 e. The third kappa shape index (κ3) is 3.10. The lowest BCUT2D eigenvalue weighted by molar-refractivity contribution is -0.385. The third-order valence-corrected chi connectivity index (χ3v) is 4.45. The van der Waals surface area contributed by atoms with Crippen molar-refractivity contribution in [2.75, 3.05) is 6.61 Å². The summed E-state index contributed by atoms with van der Waals surface area (Å²) in [4.78, 5) is 28.5. The molecule has 2 heterocycles. The molecule has 0 fully saturated rings. The number of carbonyl (C=O) groups excluding carboxylic acids is 1. The van der Waals surface area contributed by atoms with Crippen molar-refractivity contribution in [1.82, 2.24) is 10.2 Å². The molecule has 8 nitrogen and oxygen atoms in total. The second-order valence-electron chi connectivity index (χ2n) is 6.05. The molecular weight excluding hydrogens is 336 g/mol. The second kappa shape index (κ2) is 7.47. The highest BCUT2D eigenvalue weighted by Gasteiger charge is 2.43. The summed E-state index contributed by atoms with van der Waals surface area (Å²) < 4.78 is 5.28. The van der Waals surface area contributed by atoms with E-state index in [1.807, 2.05) is 6.92 Å². The highest BCUT2D eigenvalue weighted by atomic mass is 16.6. The van der Waals surface area contributed by atoms with E-state index in [4.69, 9.17) is 4.74 Å². The average Bonchev–Trinajstić information content (AvgIpc) is 3.09. The Labute approximate surface area is 150 Å². The minimum atomic E-state index is -0.707. The first-order valence-corrected chi connectivity index (χ1v) is 8.59. The first-order valence-electron chi connectivity index (χ1n) is 8.59. The van der Waals surface area contributed by atoms with Crippen LogP contribution in [-0.4, -0.2) is 33.4 Å². The van der Waals surface area contributed by atoms with Crippen LogP contribution in [0.15, 0.2) is 35.5 Å². The summed E-state index contributed by atoms with van der Waals surface area (Å²) in [5, 5.41) is 18.4. The van der Waals surface area contributed by atoms with Crippen LogP contribution in [0.3, 0.4) is 0 Å². The van der Waals surface area contributed by atoms with Crippen LogP contribution in [0.2, 0.25) is 0 Å². The Morgan fingerprint density at radius 2 is 2.08 bits per heavy atom. The van der Waals surface area contributed by atoms with Gasteiger partial charge in [-0.05, 0) is 13.3 Å². The lowest BCUT2D eigenvalue weighted by Gasteiger charge is -2.30. The van der Waals surface area contributed by atoms with Gasteiger partial charge >= 0.3 is 5.97 Å². The largest absolute Gasteiger partial charge is 0.465 e. The topological polar surface area (TPSA) is 110 Å². The fourth-order valence-corrected chi connectivity index (χ4v) is 3.43. The van der Waals surface area contributed by atoms with Gasteiger partial charge < -0.3 is 4.74 Å². The van der Waals surface area contributed by atoms with Crippen LogP contribution < -0.4 is 0 Å². The monoisotopic (exact) mass is 356 g/mol. The van der Waals surface area contributed by atoms with E-state index >= 15 is 0 Å². The molecule has 3 rings (SSSR count). The highest BCUT2D eigenvalue weighted by Crippen LogP contribution is 2.45. The maximum Gasteiger partial charge on any atom is 0.315 e. The van der Waals surface area contributed by atoms with E-state index in [9.17, 15) is 14.9 Å². The van der Waals surface area contributed by atoms with Crippen molar-refractivity contribution in [3.05, 3.63) is 51.7 Å². The number of fused-ring (bicyclic) bond motifs is 1. The number of aliphatic imine (C=N–C) groups is 1. The number of hydrogen-bond acceptors (Lipinski definition) is 6. The van der Waals surface area contributed by atoms with E-state index in [-0.39, 0.29) is 12.3 Å². The number of ether oxygens (including phenoxy) is 1. The molecule has 0 spiro atoms. The summed E-state index contributed by atoms with van der Waals surface area (Å²) in [5.74, 6) is -1.16. The minimum Gasteiger partial charge on any atom is -0.465 e. The number of aromatic nitrogens is 2. The number of aromatic amines is 1. The van der Waals surface area contributed by atoms with Gasteiger partial charge in [-0.3, -0.25) is 20.0 Å². The van der Waals surface area contributed by atoms with Gasteiger partial charge in [0.15, 0.2) is 5.82 Å². The highest BCUT2D eigenvalue weighted by molar-refractivity contribution is 6.06. The first-order chi connectivity index (χ1) is 12.6. The van der Waals surface area contributed by atoms with Crippen LogP contribution in [0.5, 0.6) is 0 Å². The molecule has 1 aliphatic rings. The maximum atomic E-state index is 12.8. The second-order valence-corrected chi connectivity index (χ2v) is 6.05. The van der Waals surface area contributed by atoms with Crippen molar-refractivity contribution < 1.29 is 14.5 Å². The van der Waals surface area contributed by atoms with E-state index in [2.05, 4.69) is 15.2 Å². The van der Waals surface area contributed by atoms with Crippen LogP contribution in [0.25, 0.3) is 0 Å². The number of benzene rings is 1. The van der Waals surface area contributed by atoms with Gasteiger partial charge in [0.1, 0.15) is 5.92 Å². The Kier molecular flexibility index (Phi) is 5.11. The first kappa shape index (κ1) is 17.8. The zero-order chi connectivity index (χ0) is 18.7. The van der Waals surface area contributed by atoms with Gasteiger partial charge in [0.05, 0.1) is 17.7 Å². The molecule has 8 heteroatoms. The zero-order valence-corrected chi connectivity index (χ0v) is 14.6. The quantitative estimate of drug-likeness (QED) is 0.484. The molecule has 0 aliphatic carbocycles. The molecule has 0 radical (unpaired) electrons. The number of esters is 1. The van der Waals surface area contributed by atoms with Crippen LogP contribution in [-0.2, 0) is 9.53 Å². The molecule has 0 saturated heterocycles. The van der Waals surface area contributed by atoms with Gasteiger partial charge in [0.2, 0.25) is 0 Å². The lowest BCUT2D eigenvalue weighted by Crippen LogP contribution is -2.34. The number of carbonyl (C=O) groups is 1. The fourth-order valence-electron chi connectivity index (χ4n) is 3.43. The summed E-state index contributed by atoms with van der Waals surface area (Å²) in [7, 11) is 0. The van der Waals surface area contributed by atoms with Crippen molar-refractivity contribution in [2.24, 2.45) is 10.9 Å². The molecule has 26 heavy (non-hydrogen) atoms. The van der Waals surface area contributed by atoms with Gasteiger partial charge in [0, 0.05) is 28.8 Å². The number of nitrogens with one attached hydrogen (secondary N) is 1. The van der Waals surface area contributed by atoms with Gasteiger partial charge in [0.25, 0.3) is 5.69 Å². The molecule has 2 atom stereocenters. The van der Waals surface area contributed by atoms with E-state index in [0.29, 0.717) is 29.1 Å². The molecule has 0 bridgehead atoms. The molecule has 1 aromatic carbocycles. The summed E-state index contributed by atoms with van der Waals surface area (Å²) in [6, 6.07) is 6.47. The van der Waals surface area contributed by atoms with Gasteiger partial charge in [-0.2, -0.15) is 5.10 Å². The van der Waals surface area contributed by atoms with E-state index in [1.54, 1.807) is 31.3 Å². The summed E-state index contributed by atoms with van der Waals surface area (Å²) in [6.07, 6.45) is 2.97. The van der Waals surface area contributed by atoms with Gasteiger partial charge in [-0.25, -0.2) is 4.99 Å². The van der Waals surface area contributed by atoms with Gasteiger partial charge in [-0.15, -0.1) is 0 Å². The van der Waals surface area contributed by atoms with Crippen LogP contribution >= 0.6 is 0 Å². The molecule has 136 valence electrons. The van der Waals surface area contributed by atoms with Crippen molar-refractivity contribution >= 4 is 23.2 Å².